The smallest absolute Gasteiger partial charge is 0.344 e. The molecule has 1 saturated carbocycles. The van der Waals surface area contributed by atoms with E-state index in [0.29, 0.717) is 39.8 Å². The molecule has 0 aromatic carbocycles. The average Bonchev–Trinajstić information content (AvgIpc) is 3.43. The number of anilines is 1. The third-order valence-corrected chi connectivity index (χ3v) is 7.01. The summed E-state index contributed by atoms with van der Waals surface area (Å²) in [5.41, 5.74) is 2.09. The molecule has 0 saturated heterocycles. The van der Waals surface area contributed by atoms with Crippen molar-refractivity contribution in [2.45, 2.75) is 58.3 Å². The zero-order valence-electron chi connectivity index (χ0n) is 20.1. The molecule has 13 heteroatoms. The number of nitrogens with zero attached hydrogens (tertiary/aromatic N) is 5. The van der Waals surface area contributed by atoms with E-state index < -0.39 is 18.0 Å². The number of pyridine rings is 2. The molecule has 0 spiro atoms. The second kappa shape index (κ2) is 9.81. The van der Waals surface area contributed by atoms with Crippen LogP contribution in [-0.4, -0.2) is 41.9 Å². The SMILES string of the molecule is CC(Nc1nc2cc(-c3noc(=O)[nH]3)nc(-c3cncc(Cl)c3)c2n1C[C@H]1CC[C@H](C)CC1)C(F)(F)F. The summed E-state index contributed by atoms with van der Waals surface area (Å²) in [5.74, 6) is 0.286. The molecule has 1 atom stereocenters. The van der Waals surface area contributed by atoms with Gasteiger partial charge in [0.05, 0.1) is 21.7 Å². The van der Waals surface area contributed by atoms with E-state index in [-0.39, 0.29) is 23.4 Å². The van der Waals surface area contributed by atoms with Gasteiger partial charge in [-0.2, -0.15) is 13.2 Å². The van der Waals surface area contributed by atoms with Gasteiger partial charge in [0.15, 0.2) is 0 Å². The fraction of sp³-hybridized carbons (Fsp3) is 0.458. The van der Waals surface area contributed by atoms with Crippen molar-refractivity contribution in [1.82, 2.24) is 29.7 Å². The number of aromatic amines is 1. The normalized spacial score (nSPS) is 19.3. The minimum absolute atomic E-state index is 0.0668. The lowest BCUT2D eigenvalue weighted by Gasteiger charge is -2.28. The Morgan fingerprint density at radius 3 is 2.62 bits per heavy atom. The molecule has 1 aliphatic rings. The molecule has 2 N–H and O–H groups in total. The maximum atomic E-state index is 13.5. The van der Waals surface area contributed by atoms with E-state index in [9.17, 15) is 18.0 Å². The van der Waals surface area contributed by atoms with Crippen LogP contribution >= 0.6 is 11.6 Å². The van der Waals surface area contributed by atoms with Crippen LogP contribution < -0.4 is 11.1 Å². The van der Waals surface area contributed by atoms with Crippen molar-refractivity contribution in [1.29, 1.82) is 0 Å². The van der Waals surface area contributed by atoms with E-state index >= 15 is 0 Å². The fourth-order valence-corrected chi connectivity index (χ4v) is 4.87. The number of H-pyrrole nitrogens is 1. The van der Waals surface area contributed by atoms with Crippen LogP contribution in [0.2, 0.25) is 5.02 Å². The number of nitrogens with one attached hydrogen (secondary N) is 2. The van der Waals surface area contributed by atoms with Gasteiger partial charge in [0.2, 0.25) is 11.8 Å². The average molecular weight is 536 g/mol. The quantitative estimate of drug-likeness (QED) is 0.326. The van der Waals surface area contributed by atoms with E-state index in [1.54, 1.807) is 22.9 Å². The Bertz CT molecular complexity index is 1470. The maximum Gasteiger partial charge on any atom is 0.439 e. The molecule has 4 aromatic rings. The highest BCUT2D eigenvalue weighted by Gasteiger charge is 2.37. The highest BCUT2D eigenvalue weighted by atomic mass is 35.5. The van der Waals surface area contributed by atoms with Crippen LogP contribution in [0.5, 0.6) is 0 Å². The first-order valence-electron chi connectivity index (χ1n) is 12.0. The van der Waals surface area contributed by atoms with Gasteiger partial charge in [-0.3, -0.25) is 14.5 Å². The van der Waals surface area contributed by atoms with Crippen LogP contribution in [-0.2, 0) is 6.54 Å². The summed E-state index contributed by atoms with van der Waals surface area (Å²) in [7, 11) is 0. The summed E-state index contributed by atoms with van der Waals surface area (Å²) in [6, 6.07) is 1.40. The predicted octanol–water partition coefficient (Wildman–Crippen LogP) is 5.68. The molecule has 9 nitrogen and oxygen atoms in total. The van der Waals surface area contributed by atoms with Gasteiger partial charge in [-0.05, 0) is 43.7 Å². The highest BCUT2D eigenvalue weighted by molar-refractivity contribution is 6.30. The van der Waals surface area contributed by atoms with Gasteiger partial charge in [0.1, 0.15) is 11.7 Å². The van der Waals surface area contributed by atoms with E-state index in [0.717, 1.165) is 32.6 Å². The third-order valence-electron chi connectivity index (χ3n) is 6.80. The van der Waals surface area contributed by atoms with Crippen molar-refractivity contribution in [2.75, 3.05) is 5.32 Å². The summed E-state index contributed by atoms with van der Waals surface area (Å²) >= 11 is 6.21. The Kier molecular flexibility index (Phi) is 6.69. The minimum atomic E-state index is -4.47. The minimum Gasteiger partial charge on any atom is -0.344 e. The van der Waals surface area contributed by atoms with Crippen LogP contribution in [0.25, 0.3) is 33.8 Å². The van der Waals surface area contributed by atoms with Crippen molar-refractivity contribution >= 4 is 28.6 Å². The Hall–Kier alpha value is -3.41. The second-order valence-corrected chi connectivity index (χ2v) is 10.1. The van der Waals surface area contributed by atoms with Gasteiger partial charge in [0.25, 0.3) is 0 Å². The van der Waals surface area contributed by atoms with Gasteiger partial charge < -0.3 is 9.88 Å². The first kappa shape index (κ1) is 25.2. The second-order valence-electron chi connectivity index (χ2n) is 9.64. The van der Waals surface area contributed by atoms with E-state index in [2.05, 4.69) is 36.9 Å². The van der Waals surface area contributed by atoms with Gasteiger partial charge in [-0.25, -0.2) is 14.8 Å². The largest absolute Gasteiger partial charge is 0.439 e. The zero-order chi connectivity index (χ0) is 26.3. The van der Waals surface area contributed by atoms with Crippen LogP contribution in [0.4, 0.5) is 19.1 Å². The topological polar surface area (TPSA) is 115 Å². The van der Waals surface area contributed by atoms with Gasteiger partial charge in [-0.1, -0.05) is 36.5 Å². The predicted molar refractivity (Wildman–Crippen MR) is 132 cm³/mol. The number of hydrogen-bond acceptors (Lipinski definition) is 7. The van der Waals surface area contributed by atoms with Crippen molar-refractivity contribution in [2.24, 2.45) is 11.8 Å². The Labute approximate surface area is 214 Å². The zero-order valence-corrected chi connectivity index (χ0v) is 20.9. The molecule has 0 radical (unpaired) electrons. The Morgan fingerprint density at radius 2 is 1.97 bits per heavy atom. The van der Waals surface area contributed by atoms with Gasteiger partial charge in [-0.15, -0.1) is 0 Å². The summed E-state index contributed by atoms with van der Waals surface area (Å²) < 4.78 is 46.9. The van der Waals surface area contributed by atoms with Gasteiger partial charge >= 0.3 is 11.9 Å². The summed E-state index contributed by atoms with van der Waals surface area (Å²) in [4.78, 5) is 27.4. The lowest BCUT2D eigenvalue weighted by Crippen LogP contribution is -2.34. The number of fused-ring (bicyclic) bond motifs is 1. The number of alkyl halides is 3. The van der Waals surface area contributed by atoms with E-state index in [1.165, 1.54) is 6.20 Å². The molecule has 0 bridgehead atoms. The van der Waals surface area contributed by atoms with Crippen molar-refractivity contribution < 1.29 is 17.7 Å². The summed E-state index contributed by atoms with van der Waals surface area (Å²) in [5, 5.41) is 6.63. The molecule has 4 heterocycles. The molecule has 1 aliphatic carbocycles. The standard InChI is InChI=1S/C24H25ClF3N7O2/c1-12-3-5-14(6-4-12)11-35-20-17(32-22(35)30-13(2)24(26,27)28)8-18(21-33-23(36)37-34-21)31-19(20)15-7-16(25)10-29-9-15/h7-10,12-14H,3-6,11H2,1-2H3,(H,30,32)(H,33,34,36)/t12-,13?,14-. The summed E-state index contributed by atoms with van der Waals surface area (Å²) in [6.07, 6.45) is 2.63. The lowest BCUT2D eigenvalue weighted by molar-refractivity contribution is -0.138. The molecule has 1 fully saturated rings. The van der Waals surface area contributed by atoms with E-state index in [1.807, 2.05) is 0 Å². The first-order chi connectivity index (χ1) is 17.6. The number of imidazole rings is 1. The number of aromatic nitrogens is 6. The highest BCUT2D eigenvalue weighted by Crippen LogP contribution is 2.37. The molecule has 5 rings (SSSR count). The van der Waals surface area contributed by atoms with Crippen LogP contribution in [0.15, 0.2) is 33.8 Å². The van der Waals surface area contributed by atoms with Crippen molar-refractivity contribution in [3.05, 3.63) is 40.1 Å². The number of halogens is 4. The fourth-order valence-electron chi connectivity index (χ4n) is 4.69. The molecule has 0 amide bonds. The van der Waals surface area contributed by atoms with Crippen LogP contribution in [0, 0.1) is 11.8 Å². The summed E-state index contributed by atoms with van der Waals surface area (Å²) in [6.45, 7) is 3.74. The molecular formula is C24H25ClF3N7O2. The molecule has 1 unspecified atom stereocenters. The molecule has 0 aliphatic heterocycles. The third kappa shape index (κ3) is 5.34. The van der Waals surface area contributed by atoms with Crippen LogP contribution in [0.3, 0.4) is 0 Å². The van der Waals surface area contributed by atoms with E-state index in [4.69, 9.17) is 16.6 Å². The Balaban J connectivity index is 1.72. The maximum absolute atomic E-state index is 13.5. The molecule has 4 aromatic heterocycles. The monoisotopic (exact) mass is 535 g/mol. The van der Waals surface area contributed by atoms with Crippen molar-refractivity contribution in [3.8, 4) is 22.8 Å². The molecular weight excluding hydrogens is 511 g/mol. The molecule has 196 valence electrons. The number of rotatable bonds is 6. The first-order valence-corrected chi connectivity index (χ1v) is 12.4. The lowest BCUT2D eigenvalue weighted by atomic mass is 9.83. The van der Waals surface area contributed by atoms with Crippen LogP contribution in [0.1, 0.15) is 39.5 Å². The molecule has 37 heavy (non-hydrogen) atoms. The van der Waals surface area contributed by atoms with Crippen molar-refractivity contribution in [3.63, 3.8) is 0 Å². The Morgan fingerprint density at radius 1 is 1.22 bits per heavy atom. The van der Waals surface area contributed by atoms with Gasteiger partial charge in [0, 0.05) is 24.5 Å². The number of hydrogen-bond donors (Lipinski definition) is 2.